The average molecular weight is 192 g/mol. The highest BCUT2D eigenvalue weighted by atomic mass is 16.6. The maximum atomic E-state index is 11.6. The normalized spacial score (nSPS) is 26.2. The monoisotopic (exact) mass is 192 g/mol. The summed E-state index contributed by atoms with van der Waals surface area (Å²) in [5, 5.41) is 0. The zero-order valence-corrected chi connectivity index (χ0v) is 8.03. The summed E-state index contributed by atoms with van der Waals surface area (Å²) in [5.41, 5.74) is -0.00801. The van der Waals surface area contributed by atoms with Gasteiger partial charge in [-0.1, -0.05) is 30.3 Å². The van der Waals surface area contributed by atoms with Crippen molar-refractivity contribution in [2.24, 2.45) is 0 Å². The van der Waals surface area contributed by atoms with E-state index in [2.05, 4.69) is 0 Å². The molecule has 74 valence electrons. The van der Waals surface area contributed by atoms with Crippen LogP contribution in [0.2, 0.25) is 0 Å². The zero-order valence-electron chi connectivity index (χ0n) is 8.03. The minimum Gasteiger partial charge on any atom is -0.463 e. The molecule has 1 saturated heterocycles. The van der Waals surface area contributed by atoms with Crippen LogP contribution in [0, 0.1) is 0 Å². The highest BCUT2D eigenvalue weighted by Crippen LogP contribution is 2.34. The van der Waals surface area contributed by atoms with Crippen molar-refractivity contribution in [1.29, 1.82) is 0 Å². The molecule has 2 rings (SSSR count). The van der Waals surface area contributed by atoms with Gasteiger partial charge in [-0.2, -0.15) is 0 Å². The van der Waals surface area contributed by atoms with Crippen molar-refractivity contribution in [3.8, 4) is 0 Å². The maximum absolute atomic E-state index is 11.6. The lowest BCUT2D eigenvalue weighted by Crippen LogP contribution is -2.33. The largest absolute Gasteiger partial charge is 0.463 e. The van der Waals surface area contributed by atoms with Gasteiger partial charge in [-0.05, 0) is 5.56 Å². The molecule has 1 aliphatic heterocycles. The molecule has 1 atom stereocenters. The Morgan fingerprint density at radius 3 is 2.57 bits per heavy atom. The van der Waals surface area contributed by atoms with E-state index in [1.54, 1.807) is 7.11 Å². The van der Waals surface area contributed by atoms with Gasteiger partial charge >= 0.3 is 5.97 Å². The van der Waals surface area contributed by atoms with Crippen molar-refractivity contribution >= 4 is 5.97 Å². The summed E-state index contributed by atoms with van der Waals surface area (Å²) in [6, 6.07) is 9.46. The third-order valence-electron chi connectivity index (χ3n) is 2.61. The second kappa shape index (κ2) is 3.42. The standard InChI is InChI=1S/C11H12O3/c1-13-11(7-8-14-10(11)12)9-5-3-2-4-6-9/h2-6H,7-8H2,1H3. The van der Waals surface area contributed by atoms with Gasteiger partial charge in [-0.25, -0.2) is 4.79 Å². The molecule has 1 heterocycles. The average Bonchev–Trinajstić information content (AvgIpc) is 2.62. The van der Waals surface area contributed by atoms with Gasteiger partial charge in [0, 0.05) is 13.5 Å². The van der Waals surface area contributed by atoms with Gasteiger partial charge in [0.2, 0.25) is 0 Å². The van der Waals surface area contributed by atoms with Crippen LogP contribution in [0.3, 0.4) is 0 Å². The number of hydrogen-bond acceptors (Lipinski definition) is 3. The minimum atomic E-state index is -0.874. The first-order chi connectivity index (χ1) is 6.79. The smallest absolute Gasteiger partial charge is 0.343 e. The number of hydrogen-bond donors (Lipinski definition) is 0. The molecule has 1 fully saturated rings. The van der Waals surface area contributed by atoms with Crippen molar-refractivity contribution in [3.05, 3.63) is 35.9 Å². The lowest BCUT2D eigenvalue weighted by Gasteiger charge is -2.22. The van der Waals surface area contributed by atoms with Gasteiger partial charge in [0.15, 0.2) is 5.60 Å². The molecule has 0 bridgehead atoms. The number of rotatable bonds is 2. The van der Waals surface area contributed by atoms with Crippen molar-refractivity contribution in [3.63, 3.8) is 0 Å². The Bertz CT molecular complexity index is 334. The van der Waals surface area contributed by atoms with E-state index >= 15 is 0 Å². The summed E-state index contributed by atoms with van der Waals surface area (Å²) >= 11 is 0. The Morgan fingerprint density at radius 1 is 1.36 bits per heavy atom. The first-order valence-electron chi connectivity index (χ1n) is 4.57. The molecule has 1 aliphatic rings. The van der Waals surface area contributed by atoms with E-state index in [1.807, 2.05) is 30.3 Å². The molecule has 0 spiro atoms. The van der Waals surface area contributed by atoms with Crippen LogP contribution < -0.4 is 0 Å². The fourth-order valence-corrected chi connectivity index (χ4v) is 1.78. The summed E-state index contributed by atoms with van der Waals surface area (Å²) in [5.74, 6) is -0.286. The van der Waals surface area contributed by atoms with Gasteiger partial charge in [0.05, 0.1) is 6.61 Å². The molecule has 3 heteroatoms. The van der Waals surface area contributed by atoms with Crippen LogP contribution in [-0.4, -0.2) is 19.7 Å². The van der Waals surface area contributed by atoms with Gasteiger partial charge < -0.3 is 9.47 Å². The number of carbonyl (C=O) groups is 1. The molecule has 0 aliphatic carbocycles. The van der Waals surface area contributed by atoms with Crippen LogP contribution in [0.4, 0.5) is 0 Å². The molecule has 1 aromatic carbocycles. The van der Waals surface area contributed by atoms with E-state index in [9.17, 15) is 4.79 Å². The fourth-order valence-electron chi connectivity index (χ4n) is 1.78. The summed E-state index contributed by atoms with van der Waals surface area (Å²) in [4.78, 5) is 11.6. The van der Waals surface area contributed by atoms with Gasteiger partial charge in [-0.15, -0.1) is 0 Å². The molecule has 0 amide bonds. The first kappa shape index (κ1) is 9.21. The fraction of sp³-hybridized carbons (Fsp3) is 0.364. The van der Waals surface area contributed by atoms with Gasteiger partial charge in [0.25, 0.3) is 0 Å². The predicted octanol–water partition coefficient (Wildman–Crippen LogP) is 1.48. The van der Waals surface area contributed by atoms with E-state index < -0.39 is 5.60 Å². The highest BCUT2D eigenvalue weighted by Gasteiger charge is 2.46. The third kappa shape index (κ3) is 1.21. The Morgan fingerprint density at radius 2 is 2.07 bits per heavy atom. The van der Waals surface area contributed by atoms with E-state index in [4.69, 9.17) is 9.47 Å². The van der Waals surface area contributed by atoms with Crippen LogP contribution >= 0.6 is 0 Å². The summed E-state index contributed by atoms with van der Waals surface area (Å²) in [7, 11) is 1.54. The van der Waals surface area contributed by atoms with Crippen molar-refractivity contribution in [1.82, 2.24) is 0 Å². The van der Waals surface area contributed by atoms with E-state index in [0.29, 0.717) is 13.0 Å². The summed E-state index contributed by atoms with van der Waals surface area (Å²) in [6.45, 7) is 0.432. The number of benzene rings is 1. The number of carbonyl (C=O) groups excluding carboxylic acids is 1. The SMILES string of the molecule is COC1(c2ccccc2)CCOC1=O. The van der Waals surface area contributed by atoms with Crippen LogP contribution in [0.15, 0.2) is 30.3 Å². The first-order valence-corrected chi connectivity index (χ1v) is 4.57. The molecular formula is C11H12O3. The Hall–Kier alpha value is -1.35. The molecule has 0 saturated carbocycles. The van der Waals surface area contributed by atoms with Crippen LogP contribution in [0.5, 0.6) is 0 Å². The molecule has 14 heavy (non-hydrogen) atoms. The Kier molecular flexibility index (Phi) is 2.25. The summed E-state index contributed by atoms with van der Waals surface area (Å²) < 4.78 is 10.3. The lowest BCUT2D eigenvalue weighted by atomic mass is 9.92. The highest BCUT2D eigenvalue weighted by molar-refractivity contribution is 5.83. The van der Waals surface area contributed by atoms with E-state index in [-0.39, 0.29) is 5.97 Å². The van der Waals surface area contributed by atoms with Gasteiger partial charge in [-0.3, -0.25) is 0 Å². The van der Waals surface area contributed by atoms with Crippen LogP contribution in [-0.2, 0) is 19.9 Å². The quantitative estimate of drug-likeness (QED) is 0.666. The van der Waals surface area contributed by atoms with E-state index in [1.165, 1.54) is 0 Å². The van der Waals surface area contributed by atoms with Crippen molar-refractivity contribution in [2.75, 3.05) is 13.7 Å². The Balaban J connectivity index is 2.43. The number of ether oxygens (including phenoxy) is 2. The van der Waals surface area contributed by atoms with Crippen LogP contribution in [0.25, 0.3) is 0 Å². The molecule has 1 unspecified atom stereocenters. The second-order valence-corrected chi connectivity index (χ2v) is 3.28. The minimum absolute atomic E-state index is 0.286. The molecule has 3 nitrogen and oxygen atoms in total. The van der Waals surface area contributed by atoms with E-state index in [0.717, 1.165) is 5.56 Å². The molecule has 0 N–H and O–H groups in total. The molecular weight excluding hydrogens is 180 g/mol. The molecule has 1 aromatic rings. The number of cyclic esters (lactones) is 1. The van der Waals surface area contributed by atoms with Crippen LogP contribution in [0.1, 0.15) is 12.0 Å². The number of methoxy groups -OCH3 is 1. The maximum Gasteiger partial charge on any atom is 0.343 e. The second-order valence-electron chi connectivity index (χ2n) is 3.28. The van der Waals surface area contributed by atoms with Gasteiger partial charge in [0.1, 0.15) is 0 Å². The third-order valence-corrected chi connectivity index (χ3v) is 2.61. The van der Waals surface area contributed by atoms with Crippen molar-refractivity contribution in [2.45, 2.75) is 12.0 Å². The molecule has 0 aromatic heterocycles. The lowest BCUT2D eigenvalue weighted by molar-refractivity contribution is -0.156. The predicted molar refractivity (Wildman–Crippen MR) is 50.7 cm³/mol. The Labute approximate surface area is 82.6 Å². The number of esters is 1. The topological polar surface area (TPSA) is 35.5 Å². The zero-order chi connectivity index (χ0) is 10.0. The molecule has 0 radical (unpaired) electrons. The summed E-state index contributed by atoms with van der Waals surface area (Å²) in [6.07, 6.45) is 0.590. The van der Waals surface area contributed by atoms with Crippen molar-refractivity contribution < 1.29 is 14.3 Å².